The van der Waals surface area contributed by atoms with Gasteiger partial charge in [-0.25, -0.2) is 4.57 Å². The smallest absolute Gasteiger partial charge is 0.313 e. The molecule has 4 N–H and O–H groups in total. The predicted molar refractivity (Wildman–Crippen MR) is 117 cm³/mol. The third-order valence-corrected chi connectivity index (χ3v) is 6.55. The summed E-state index contributed by atoms with van der Waals surface area (Å²) in [6.45, 7) is 2.83. The van der Waals surface area contributed by atoms with Gasteiger partial charge in [0.05, 0.1) is 0 Å². The van der Waals surface area contributed by atoms with E-state index in [9.17, 15) is 9.90 Å². The molecule has 1 fully saturated rings. The van der Waals surface area contributed by atoms with Crippen molar-refractivity contribution in [1.82, 2.24) is 4.90 Å². The fourth-order valence-corrected chi connectivity index (χ4v) is 4.37. The molecule has 0 amide bonds. The van der Waals surface area contributed by atoms with Gasteiger partial charge in [-0.15, -0.1) is 0 Å². The molecular formula is C23H30N5O3+. The van der Waals surface area contributed by atoms with Crippen molar-refractivity contribution in [2.24, 2.45) is 18.2 Å². The number of carbonyl (C=O) groups is 1. The lowest BCUT2D eigenvalue weighted by molar-refractivity contribution is -0.671. The van der Waals surface area contributed by atoms with Crippen molar-refractivity contribution in [2.45, 2.75) is 25.8 Å². The summed E-state index contributed by atoms with van der Waals surface area (Å²) in [4.78, 5) is 16.2. The molecule has 1 aromatic heterocycles. The van der Waals surface area contributed by atoms with E-state index < -0.39 is 11.4 Å². The summed E-state index contributed by atoms with van der Waals surface area (Å²) >= 11 is 0. The van der Waals surface area contributed by atoms with Crippen molar-refractivity contribution in [2.75, 3.05) is 31.1 Å². The number of piperidine rings is 1. The van der Waals surface area contributed by atoms with Crippen LogP contribution in [0.15, 0.2) is 42.7 Å². The maximum Gasteiger partial charge on any atom is 0.313 e. The molecule has 0 radical (unpaired) electrons. The maximum atomic E-state index is 12.2. The van der Waals surface area contributed by atoms with Crippen molar-refractivity contribution < 1.29 is 19.2 Å². The van der Waals surface area contributed by atoms with Crippen LogP contribution in [0.1, 0.15) is 24.0 Å². The molecule has 0 saturated carbocycles. The number of nitrogens with one attached hydrogen (secondary N) is 1. The molecule has 0 bridgehead atoms. The van der Waals surface area contributed by atoms with Crippen LogP contribution in [0.4, 0.5) is 5.69 Å². The Hall–Kier alpha value is -3.29. The van der Waals surface area contributed by atoms with Crippen molar-refractivity contribution in [3.63, 3.8) is 0 Å². The topological polar surface area (TPSA) is 107 Å². The van der Waals surface area contributed by atoms with Gasteiger partial charge >= 0.3 is 5.97 Å². The first kappa shape index (κ1) is 21.0. The lowest BCUT2D eigenvalue weighted by atomic mass is 9.79. The highest BCUT2D eigenvalue weighted by atomic mass is 16.5. The predicted octanol–water partition coefficient (Wildman–Crippen LogP) is 1.51. The van der Waals surface area contributed by atoms with E-state index in [4.69, 9.17) is 15.9 Å². The summed E-state index contributed by atoms with van der Waals surface area (Å²) in [5.41, 5.74) is 8.16. The molecule has 0 aliphatic carbocycles. The number of nitrogens with zero attached hydrogens (tertiary/aromatic N) is 3. The number of carboxylic acids is 1. The van der Waals surface area contributed by atoms with Crippen LogP contribution >= 0.6 is 0 Å². The minimum Gasteiger partial charge on any atom is -0.492 e. The molecule has 3 heterocycles. The van der Waals surface area contributed by atoms with Crippen molar-refractivity contribution in [3.05, 3.63) is 53.9 Å². The Morgan fingerprint density at radius 2 is 1.90 bits per heavy atom. The Balaban J connectivity index is 1.42. The molecule has 2 aromatic rings. The Bertz CT molecular complexity index is 968. The average molecular weight is 425 g/mol. The minimum atomic E-state index is -0.892. The summed E-state index contributed by atoms with van der Waals surface area (Å²) in [6.07, 6.45) is 5.90. The number of aliphatic carboxylic acids is 1. The normalized spacial score (nSPS) is 17.7. The molecule has 0 atom stereocenters. The summed E-state index contributed by atoms with van der Waals surface area (Å²) in [5.74, 6) is -0.0594. The van der Waals surface area contributed by atoms with Crippen LogP contribution in [0, 0.1) is 10.8 Å². The number of fused-ring (bicyclic) bond motifs is 1. The molecule has 164 valence electrons. The SMILES string of the molecule is C[n+]1ccc(N2CCC(COc3ccc4c(c3)CN(C(=N)N)CC4)(C(=O)O)CC2)cc1. The highest BCUT2D eigenvalue weighted by molar-refractivity contribution is 5.76. The Kier molecular flexibility index (Phi) is 5.71. The monoisotopic (exact) mass is 424 g/mol. The summed E-state index contributed by atoms with van der Waals surface area (Å²) in [7, 11) is 1.98. The fourth-order valence-electron chi connectivity index (χ4n) is 4.37. The Labute approximate surface area is 182 Å². The van der Waals surface area contributed by atoms with E-state index in [2.05, 4.69) is 17.0 Å². The molecule has 1 aromatic carbocycles. The van der Waals surface area contributed by atoms with Gasteiger partial charge in [0.1, 0.15) is 24.8 Å². The fraction of sp³-hybridized carbons (Fsp3) is 0.435. The van der Waals surface area contributed by atoms with Gasteiger partial charge in [0.2, 0.25) is 0 Å². The molecule has 31 heavy (non-hydrogen) atoms. The van der Waals surface area contributed by atoms with E-state index in [0.29, 0.717) is 38.2 Å². The van der Waals surface area contributed by atoms with Gasteiger partial charge in [-0.2, -0.15) is 0 Å². The van der Waals surface area contributed by atoms with Crippen molar-refractivity contribution in [3.8, 4) is 5.75 Å². The van der Waals surface area contributed by atoms with Crippen molar-refractivity contribution >= 4 is 17.6 Å². The number of anilines is 1. The molecule has 1 saturated heterocycles. The number of guanidine groups is 1. The first-order valence-electron chi connectivity index (χ1n) is 10.6. The van der Waals surface area contributed by atoms with Gasteiger partial charge in [0.15, 0.2) is 18.4 Å². The second-order valence-electron chi connectivity index (χ2n) is 8.57. The quantitative estimate of drug-likeness (QED) is 0.382. The number of hydrogen-bond acceptors (Lipinski definition) is 4. The lowest BCUT2D eigenvalue weighted by Gasteiger charge is -2.39. The van der Waals surface area contributed by atoms with E-state index in [-0.39, 0.29) is 12.6 Å². The van der Waals surface area contributed by atoms with Crippen LogP contribution in [-0.4, -0.2) is 48.2 Å². The zero-order valence-electron chi connectivity index (χ0n) is 17.9. The van der Waals surface area contributed by atoms with Crippen LogP contribution in [0.2, 0.25) is 0 Å². The number of pyridine rings is 1. The number of ether oxygens (including phenoxy) is 1. The maximum absolute atomic E-state index is 12.2. The number of nitrogens with two attached hydrogens (primary N) is 1. The summed E-state index contributed by atoms with van der Waals surface area (Å²) < 4.78 is 8.01. The van der Waals surface area contributed by atoms with Crippen LogP contribution in [0.5, 0.6) is 5.75 Å². The number of hydrogen-bond donors (Lipinski definition) is 3. The van der Waals surface area contributed by atoms with Crippen molar-refractivity contribution in [1.29, 1.82) is 5.41 Å². The van der Waals surface area contributed by atoms with Gasteiger partial charge < -0.3 is 25.4 Å². The third-order valence-electron chi connectivity index (χ3n) is 6.55. The largest absolute Gasteiger partial charge is 0.492 e. The average Bonchev–Trinajstić information content (AvgIpc) is 2.78. The standard InChI is InChI=1S/C23H29N5O3/c1-26-9-5-19(6-10-26)27-12-7-23(8-13-27,21(29)30)16-31-20-3-2-17-4-11-28(22(24)25)15-18(17)14-20/h2-3,5-6,9-10,14H,4,7-8,11-13,15-16H2,1H3,(H3-,24,25,29,30)/p+1. The van der Waals surface area contributed by atoms with Gasteiger partial charge in [-0.05, 0) is 42.5 Å². The number of benzene rings is 1. The van der Waals surface area contributed by atoms with E-state index in [1.54, 1.807) is 0 Å². The molecule has 8 heteroatoms. The first-order chi connectivity index (χ1) is 14.9. The molecular weight excluding hydrogens is 394 g/mol. The second-order valence-corrected chi connectivity index (χ2v) is 8.57. The molecule has 2 aliphatic rings. The molecule has 2 aliphatic heterocycles. The number of aromatic nitrogens is 1. The number of rotatable bonds is 5. The number of aryl methyl sites for hydroxylation is 1. The highest BCUT2D eigenvalue weighted by Gasteiger charge is 2.42. The molecule has 4 rings (SSSR count). The Morgan fingerprint density at radius 1 is 1.19 bits per heavy atom. The molecule has 8 nitrogen and oxygen atoms in total. The zero-order chi connectivity index (χ0) is 22.0. The highest BCUT2D eigenvalue weighted by Crippen LogP contribution is 2.35. The van der Waals surface area contributed by atoms with Crippen LogP contribution < -0.4 is 19.9 Å². The molecule has 0 unspecified atom stereocenters. The van der Waals surface area contributed by atoms with Gasteiger partial charge in [0, 0.05) is 44.0 Å². The van der Waals surface area contributed by atoms with E-state index in [1.165, 1.54) is 5.56 Å². The second kappa shape index (κ2) is 8.45. The number of carboxylic acid groups (broad SMARTS) is 1. The molecule has 0 spiro atoms. The van der Waals surface area contributed by atoms with E-state index in [0.717, 1.165) is 24.2 Å². The Morgan fingerprint density at radius 3 is 2.55 bits per heavy atom. The van der Waals surface area contributed by atoms with Gasteiger partial charge in [0.25, 0.3) is 0 Å². The summed E-state index contributed by atoms with van der Waals surface area (Å²) in [5, 5.41) is 17.7. The van der Waals surface area contributed by atoms with Gasteiger partial charge in [-0.3, -0.25) is 10.2 Å². The first-order valence-corrected chi connectivity index (χ1v) is 10.6. The van der Waals surface area contributed by atoms with E-state index >= 15 is 0 Å². The van der Waals surface area contributed by atoms with Crippen LogP contribution in [-0.2, 0) is 24.8 Å². The third kappa shape index (κ3) is 4.42. The summed E-state index contributed by atoms with van der Waals surface area (Å²) in [6, 6.07) is 10.0. The van der Waals surface area contributed by atoms with E-state index in [1.807, 2.05) is 47.1 Å². The van der Waals surface area contributed by atoms with Gasteiger partial charge in [-0.1, -0.05) is 6.07 Å². The lowest BCUT2D eigenvalue weighted by Crippen LogP contribution is -2.48. The zero-order valence-corrected chi connectivity index (χ0v) is 17.9. The van der Waals surface area contributed by atoms with Crippen LogP contribution in [0.3, 0.4) is 0 Å². The van der Waals surface area contributed by atoms with Crippen LogP contribution in [0.25, 0.3) is 0 Å². The minimum absolute atomic E-state index is 0.0701.